The molecule has 0 unspecified atom stereocenters. The first kappa shape index (κ1) is 13.5. The largest absolute Gasteiger partial charge is 0.356 e. The van der Waals surface area contributed by atoms with E-state index in [4.69, 9.17) is 11.6 Å². The molecule has 2 amide bonds. The highest BCUT2D eigenvalue weighted by molar-refractivity contribution is 6.55. The highest BCUT2D eigenvalue weighted by Gasteiger charge is 2.37. The van der Waals surface area contributed by atoms with Crippen molar-refractivity contribution in [2.75, 3.05) is 18.0 Å². The van der Waals surface area contributed by atoms with Crippen LogP contribution in [0.15, 0.2) is 18.2 Å². The van der Waals surface area contributed by atoms with Crippen LogP contribution in [0.4, 0.5) is 5.69 Å². The normalized spacial score (nSPS) is 13.7. The van der Waals surface area contributed by atoms with Gasteiger partial charge in [0.1, 0.15) is 0 Å². The molecule has 100 valence electrons. The molecular formula is C13H13ClN2O3. The topological polar surface area (TPSA) is 66.5 Å². The van der Waals surface area contributed by atoms with Crippen LogP contribution in [0.3, 0.4) is 0 Å². The van der Waals surface area contributed by atoms with Gasteiger partial charge in [0.15, 0.2) is 0 Å². The van der Waals surface area contributed by atoms with Gasteiger partial charge in [-0.1, -0.05) is 17.7 Å². The highest BCUT2D eigenvalue weighted by atomic mass is 35.5. The van der Waals surface area contributed by atoms with Crippen molar-refractivity contribution in [2.45, 2.75) is 13.3 Å². The van der Waals surface area contributed by atoms with E-state index in [0.717, 1.165) is 0 Å². The van der Waals surface area contributed by atoms with Crippen LogP contribution in [-0.4, -0.2) is 30.7 Å². The molecule has 19 heavy (non-hydrogen) atoms. The first-order chi connectivity index (χ1) is 9.06. The third-order valence-corrected chi connectivity index (χ3v) is 3.20. The molecule has 1 aliphatic rings. The van der Waals surface area contributed by atoms with E-state index in [9.17, 15) is 14.4 Å². The summed E-state index contributed by atoms with van der Waals surface area (Å²) >= 11 is 5.93. The Labute approximate surface area is 115 Å². The van der Waals surface area contributed by atoms with Gasteiger partial charge in [-0.2, -0.15) is 0 Å². The smallest absolute Gasteiger partial charge is 0.299 e. The van der Waals surface area contributed by atoms with Crippen molar-refractivity contribution in [1.82, 2.24) is 5.32 Å². The number of halogens is 1. The summed E-state index contributed by atoms with van der Waals surface area (Å²) in [6, 6.07) is 4.90. The van der Waals surface area contributed by atoms with Crippen LogP contribution in [0, 0.1) is 0 Å². The molecule has 0 spiro atoms. The zero-order valence-corrected chi connectivity index (χ0v) is 11.2. The molecule has 1 aromatic rings. The Hall–Kier alpha value is -1.88. The molecule has 1 aliphatic heterocycles. The third-order valence-electron chi connectivity index (χ3n) is 2.89. The number of anilines is 1. The summed E-state index contributed by atoms with van der Waals surface area (Å²) < 4.78 is 0. The van der Waals surface area contributed by atoms with Crippen molar-refractivity contribution in [3.05, 3.63) is 28.8 Å². The summed E-state index contributed by atoms with van der Waals surface area (Å²) in [6.07, 6.45) is 0.152. The molecule has 0 aromatic heterocycles. The number of ketones is 1. The van der Waals surface area contributed by atoms with E-state index in [2.05, 4.69) is 5.32 Å². The molecule has 0 saturated carbocycles. The zero-order valence-electron chi connectivity index (χ0n) is 10.4. The minimum absolute atomic E-state index is 0.152. The van der Waals surface area contributed by atoms with Crippen LogP contribution >= 0.6 is 11.6 Å². The molecule has 5 nitrogen and oxygen atoms in total. The van der Waals surface area contributed by atoms with Gasteiger partial charge in [-0.05, 0) is 19.1 Å². The Morgan fingerprint density at radius 2 is 2.11 bits per heavy atom. The molecule has 0 radical (unpaired) electrons. The molecule has 6 heteroatoms. The molecule has 0 fully saturated rings. The number of benzene rings is 1. The second-order valence-corrected chi connectivity index (χ2v) is 4.53. The molecule has 0 saturated heterocycles. The van der Waals surface area contributed by atoms with E-state index < -0.39 is 11.7 Å². The number of carbonyl (C=O) groups excluding carboxylic acids is 3. The second kappa shape index (κ2) is 5.40. The average molecular weight is 281 g/mol. The minimum atomic E-state index is -0.632. The summed E-state index contributed by atoms with van der Waals surface area (Å²) in [5.41, 5.74) is 0.705. The lowest BCUT2D eigenvalue weighted by atomic mass is 10.1. The molecule has 1 N–H and O–H groups in total. The highest BCUT2D eigenvalue weighted by Crippen LogP contribution is 2.33. The van der Waals surface area contributed by atoms with Crippen LogP contribution in [-0.2, 0) is 9.59 Å². The van der Waals surface area contributed by atoms with Crippen LogP contribution in [0.2, 0.25) is 5.02 Å². The summed E-state index contributed by atoms with van der Waals surface area (Å²) in [5, 5.41) is 2.90. The van der Waals surface area contributed by atoms with Crippen LogP contribution in [0.5, 0.6) is 0 Å². The van der Waals surface area contributed by atoms with E-state index in [1.807, 2.05) is 6.92 Å². The number of nitrogens with one attached hydrogen (secondary N) is 1. The quantitative estimate of drug-likeness (QED) is 0.848. The van der Waals surface area contributed by atoms with Gasteiger partial charge in [0, 0.05) is 19.5 Å². The number of rotatable bonds is 4. The van der Waals surface area contributed by atoms with E-state index in [1.165, 1.54) is 4.90 Å². The fourth-order valence-corrected chi connectivity index (χ4v) is 2.28. The van der Waals surface area contributed by atoms with Crippen molar-refractivity contribution in [2.24, 2.45) is 0 Å². The first-order valence-corrected chi connectivity index (χ1v) is 6.35. The summed E-state index contributed by atoms with van der Waals surface area (Å²) in [7, 11) is 0. The van der Waals surface area contributed by atoms with Gasteiger partial charge in [0.25, 0.3) is 11.7 Å². The van der Waals surface area contributed by atoms with E-state index in [1.54, 1.807) is 18.2 Å². The molecule has 0 bridgehead atoms. The van der Waals surface area contributed by atoms with Crippen LogP contribution in [0.25, 0.3) is 0 Å². The SMILES string of the molecule is CCNC(=O)CCN1C(=O)C(=O)c2c(Cl)cccc21. The van der Waals surface area contributed by atoms with Crippen molar-refractivity contribution >= 4 is 34.9 Å². The lowest BCUT2D eigenvalue weighted by molar-refractivity contribution is -0.120. The zero-order chi connectivity index (χ0) is 14.0. The molecule has 1 aromatic carbocycles. The third kappa shape index (κ3) is 2.46. The molecule has 2 rings (SSSR count). The van der Waals surface area contributed by atoms with Crippen molar-refractivity contribution in [1.29, 1.82) is 0 Å². The van der Waals surface area contributed by atoms with Gasteiger partial charge in [0.05, 0.1) is 16.3 Å². The van der Waals surface area contributed by atoms with Crippen molar-refractivity contribution < 1.29 is 14.4 Å². The molecular weight excluding hydrogens is 268 g/mol. The molecule has 1 heterocycles. The Kier molecular flexibility index (Phi) is 3.85. The lowest BCUT2D eigenvalue weighted by Gasteiger charge is -2.16. The van der Waals surface area contributed by atoms with Crippen molar-refractivity contribution in [3.63, 3.8) is 0 Å². The lowest BCUT2D eigenvalue weighted by Crippen LogP contribution is -2.34. The fraction of sp³-hybridized carbons (Fsp3) is 0.308. The second-order valence-electron chi connectivity index (χ2n) is 4.12. The van der Waals surface area contributed by atoms with Gasteiger partial charge < -0.3 is 10.2 Å². The Morgan fingerprint density at radius 1 is 1.37 bits per heavy atom. The number of carbonyl (C=O) groups is 3. The monoisotopic (exact) mass is 280 g/mol. The van der Waals surface area contributed by atoms with E-state index >= 15 is 0 Å². The maximum Gasteiger partial charge on any atom is 0.299 e. The maximum atomic E-state index is 11.9. The van der Waals surface area contributed by atoms with E-state index in [0.29, 0.717) is 12.2 Å². The molecule has 0 aliphatic carbocycles. The Balaban J connectivity index is 2.20. The Bertz CT molecular complexity index is 557. The van der Waals surface area contributed by atoms with Gasteiger partial charge in [-0.25, -0.2) is 0 Å². The predicted molar refractivity (Wildman–Crippen MR) is 71.4 cm³/mol. The van der Waals surface area contributed by atoms with E-state index in [-0.39, 0.29) is 29.5 Å². The van der Waals surface area contributed by atoms with Gasteiger partial charge in [0.2, 0.25) is 5.91 Å². The fourth-order valence-electron chi connectivity index (χ4n) is 2.02. The first-order valence-electron chi connectivity index (χ1n) is 5.97. The number of amides is 2. The minimum Gasteiger partial charge on any atom is -0.356 e. The van der Waals surface area contributed by atoms with Gasteiger partial charge in [-0.15, -0.1) is 0 Å². The summed E-state index contributed by atoms with van der Waals surface area (Å²) in [5.74, 6) is -1.40. The number of hydrogen-bond acceptors (Lipinski definition) is 3. The van der Waals surface area contributed by atoms with Crippen LogP contribution < -0.4 is 10.2 Å². The van der Waals surface area contributed by atoms with Crippen molar-refractivity contribution in [3.8, 4) is 0 Å². The Morgan fingerprint density at radius 3 is 2.79 bits per heavy atom. The summed E-state index contributed by atoms with van der Waals surface area (Å²) in [4.78, 5) is 36.4. The maximum absolute atomic E-state index is 11.9. The number of nitrogens with zero attached hydrogens (tertiary/aromatic N) is 1. The number of Topliss-reactive ketones (excluding diaryl/α,β-unsaturated/α-hetero) is 1. The van der Waals surface area contributed by atoms with Crippen LogP contribution in [0.1, 0.15) is 23.7 Å². The summed E-state index contributed by atoms with van der Waals surface area (Å²) in [6.45, 7) is 2.52. The number of hydrogen-bond donors (Lipinski definition) is 1. The van der Waals surface area contributed by atoms with Gasteiger partial charge >= 0.3 is 0 Å². The molecule has 0 atom stereocenters. The number of fused-ring (bicyclic) bond motifs is 1. The average Bonchev–Trinajstić information content (AvgIpc) is 2.61. The standard InChI is InChI=1S/C13H13ClN2O3/c1-2-15-10(17)6-7-16-9-5-3-4-8(14)11(9)12(18)13(16)19/h3-5H,2,6-7H2,1H3,(H,15,17). The van der Waals surface area contributed by atoms with Gasteiger partial charge in [-0.3, -0.25) is 14.4 Å². The predicted octanol–water partition coefficient (Wildman–Crippen LogP) is 1.40.